The Kier molecular flexibility index (Phi) is 1.32. The molecule has 0 saturated carbocycles. The number of hydrogen-bond donors (Lipinski definition) is 0. The zero-order valence-electron chi connectivity index (χ0n) is 3.61. The number of benzene rings is 1. The first-order valence-electron chi connectivity index (χ1n) is 1.93. The number of halogens is 1. The van der Waals surface area contributed by atoms with Gasteiger partial charge < -0.3 is 0 Å². The van der Waals surface area contributed by atoms with Crippen LogP contribution in [0.15, 0.2) is 18.2 Å². The summed E-state index contributed by atoms with van der Waals surface area (Å²) in [6.07, 6.45) is 0. The minimum absolute atomic E-state index is 0.707. The molecule has 0 heterocycles. The van der Waals surface area contributed by atoms with E-state index in [9.17, 15) is 0 Å². The molecule has 0 N–H and O–H groups in total. The lowest BCUT2D eigenvalue weighted by molar-refractivity contribution is 1.68. The topological polar surface area (TPSA) is 0 Å². The summed E-state index contributed by atoms with van der Waals surface area (Å²) in [6, 6.07) is 10.6. The van der Waals surface area contributed by atoms with Crippen molar-refractivity contribution in [3.8, 4) is 0 Å². The summed E-state index contributed by atoms with van der Waals surface area (Å²) in [6.45, 7) is 0. The van der Waals surface area contributed by atoms with Crippen molar-refractivity contribution >= 4 is 11.6 Å². The van der Waals surface area contributed by atoms with Gasteiger partial charge in [-0.1, -0.05) is 17.7 Å². The fourth-order valence-electron chi connectivity index (χ4n) is 0.328. The monoisotopic (exact) mass is 110 g/mol. The Morgan fingerprint density at radius 2 is 2.29 bits per heavy atom. The number of rotatable bonds is 0. The lowest BCUT2D eigenvalue weighted by Gasteiger charge is -1.78. The Labute approximate surface area is 47.7 Å². The first kappa shape index (κ1) is 4.66. The van der Waals surface area contributed by atoms with E-state index in [1.165, 1.54) is 0 Å². The molecule has 0 bridgehead atoms. The second-order valence-corrected chi connectivity index (χ2v) is 1.59. The highest BCUT2D eigenvalue weighted by atomic mass is 35.5. The summed E-state index contributed by atoms with van der Waals surface area (Å²) in [5.74, 6) is 0. The Balaban J connectivity index is 3.02. The minimum Gasteiger partial charge on any atom is -0.0843 e. The Morgan fingerprint density at radius 3 is 2.57 bits per heavy atom. The Hall–Kier alpha value is -0.490. The van der Waals surface area contributed by atoms with E-state index in [-0.39, 0.29) is 0 Å². The van der Waals surface area contributed by atoms with Crippen molar-refractivity contribution in [2.45, 2.75) is 0 Å². The predicted octanol–water partition coefficient (Wildman–Crippen LogP) is 1.94. The SMILES string of the molecule is Clc1c[c][c]cc1. The van der Waals surface area contributed by atoms with Gasteiger partial charge in [0.2, 0.25) is 0 Å². The molecule has 1 rings (SSSR count). The van der Waals surface area contributed by atoms with E-state index in [0.717, 1.165) is 0 Å². The minimum atomic E-state index is 0.707. The van der Waals surface area contributed by atoms with Crippen molar-refractivity contribution in [2.24, 2.45) is 0 Å². The van der Waals surface area contributed by atoms with Crippen LogP contribution in [-0.2, 0) is 0 Å². The van der Waals surface area contributed by atoms with E-state index in [2.05, 4.69) is 12.1 Å². The quantitative estimate of drug-likeness (QED) is 0.479. The largest absolute Gasteiger partial charge is 0.0843 e. The van der Waals surface area contributed by atoms with Gasteiger partial charge in [-0.25, -0.2) is 0 Å². The summed E-state index contributed by atoms with van der Waals surface area (Å²) in [5, 5.41) is 0.707. The highest BCUT2D eigenvalue weighted by Gasteiger charge is 1.76. The van der Waals surface area contributed by atoms with Gasteiger partial charge in [-0.3, -0.25) is 0 Å². The highest BCUT2D eigenvalue weighted by molar-refractivity contribution is 6.30. The van der Waals surface area contributed by atoms with Gasteiger partial charge in [0, 0.05) is 5.02 Å². The van der Waals surface area contributed by atoms with E-state index < -0.39 is 0 Å². The van der Waals surface area contributed by atoms with Crippen LogP contribution in [0.2, 0.25) is 5.02 Å². The van der Waals surface area contributed by atoms with Crippen LogP contribution >= 0.6 is 11.6 Å². The van der Waals surface area contributed by atoms with Gasteiger partial charge in [0.15, 0.2) is 0 Å². The van der Waals surface area contributed by atoms with Gasteiger partial charge in [-0.15, -0.1) is 0 Å². The van der Waals surface area contributed by atoms with Crippen LogP contribution in [0.5, 0.6) is 0 Å². The molecule has 0 atom stereocenters. The van der Waals surface area contributed by atoms with Crippen LogP contribution in [0.25, 0.3) is 0 Å². The molecule has 1 aromatic carbocycles. The van der Waals surface area contributed by atoms with Crippen molar-refractivity contribution in [3.63, 3.8) is 0 Å². The maximum Gasteiger partial charge on any atom is 0.0412 e. The molecule has 34 valence electrons. The second kappa shape index (κ2) is 1.99. The molecular formula is C6H3Cl. The van der Waals surface area contributed by atoms with Gasteiger partial charge in [0.05, 0.1) is 0 Å². The van der Waals surface area contributed by atoms with Crippen LogP contribution in [-0.4, -0.2) is 0 Å². The summed E-state index contributed by atoms with van der Waals surface area (Å²) in [5.41, 5.74) is 0. The molecule has 0 aliphatic carbocycles. The van der Waals surface area contributed by atoms with Crippen LogP contribution in [0, 0.1) is 12.1 Å². The molecule has 0 nitrogen and oxygen atoms in total. The molecule has 0 amide bonds. The molecule has 2 radical (unpaired) electrons. The van der Waals surface area contributed by atoms with E-state index in [4.69, 9.17) is 11.6 Å². The molecule has 0 unspecified atom stereocenters. The maximum atomic E-state index is 5.49. The van der Waals surface area contributed by atoms with E-state index >= 15 is 0 Å². The van der Waals surface area contributed by atoms with Crippen LogP contribution in [0.3, 0.4) is 0 Å². The molecule has 1 heteroatoms. The zero-order valence-corrected chi connectivity index (χ0v) is 4.37. The molecule has 0 aromatic heterocycles. The first-order valence-corrected chi connectivity index (χ1v) is 2.30. The number of hydrogen-bond acceptors (Lipinski definition) is 0. The normalized spacial score (nSPS) is 8.71. The summed E-state index contributed by atoms with van der Waals surface area (Å²) >= 11 is 5.49. The average Bonchev–Trinajstić information content (AvgIpc) is 1.69. The molecule has 0 saturated heterocycles. The van der Waals surface area contributed by atoms with Crippen molar-refractivity contribution < 1.29 is 0 Å². The van der Waals surface area contributed by atoms with Crippen LogP contribution in [0.4, 0.5) is 0 Å². The summed E-state index contributed by atoms with van der Waals surface area (Å²) in [4.78, 5) is 0. The summed E-state index contributed by atoms with van der Waals surface area (Å²) in [7, 11) is 0. The second-order valence-electron chi connectivity index (χ2n) is 1.15. The van der Waals surface area contributed by atoms with E-state index in [1.807, 2.05) is 0 Å². The molecular weight excluding hydrogens is 108 g/mol. The van der Waals surface area contributed by atoms with Crippen molar-refractivity contribution in [1.29, 1.82) is 0 Å². The lowest BCUT2D eigenvalue weighted by Crippen LogP contribution is -1.57. The van der Waals surface area contributed by atoms with Gasteiger partial charge >= 0.3 is 0 Å². The third-order valence-electron chi connectivity index (χ3n) is 0.619. The molecule has 0 fully saturated rings. The highest BCUT2D eigenvalue weighted by Crippen LogP contribution is 2.02. The summed E-state index contributed by atoms with van der Waals surface area (Å²) < 4.78 is 0. The Morgan fingerprint density at radius 1 is 1.43 bits per heavy atom. The molecule has 0 aliphatic heterocycles. The van der Waals surface area contributed by atoms with Gasteiger partial charge in [0.1, 0.15) is 0 Å². The Bertz CT molecular complexity index is 134. The van der Waals surface area contributed by atoms with Gasteiger partial charge in [-0.05, 0) is 24.3 Å². The van der Waals surface area contributed by atoms with Gasteiger partial charge in [-0.2, -0.15) is 0 Å². The zero-order chi connectivity index (χ0) is 5.11. The first-order chi connectivity index (χ1) is 3.39. The van der Waals surface area contributed by atoms with Crippen LogP contribution < -0.4 is 0 Å². The lowest BCUT2D eigenvalue weighted by atomic mass is 10.4. The van der Waals surface area contributed by atoms with Crippen molar-refractivity contribution in [1.82, 2.24) is 0 Å². The van der Waals surface area contributed by atoms with E-state index in [1.54, 1.807) is 18.2 Å². The molecule has 7 heavy (non-hydrogen) atoms. The third-order valence-corrected chi connectivity index (χ3v) is 0.854. The van der Waals surface area contributed by atoms with Crippen LogP contribution in [0.1, 0.15) is 0 Å². The maximum absolute atomic E-state index is 5.49. The molecule has 0 spiro atoms. The third kappa shape index (κ3) is 1.20. The van der Waals surface area contributed by atoms with E-state index in [0.29, 0.717) is 5.02 Å². The average molecular weight is 111 g/mol. The molecule has 0 aliphatic rings. The predicted molar refractivity (Wildman–Crippen MR) is 29.1 cm³/mol. The fraction of sp³-hybridized carbons (Fsp3) is 0. The fourth-order valence-corrected chi connectivity index (χ4v) is 0.446. The van der Waals surface area contributed by atoms with Crippen molar-refractivity contribution in [2.75, 3.05) is 0 Å². The smallest absolute Gasteiger partial charge is 0.0412 e. The molecule has 1 aromatic rings. The van der Waals surface area contributed by atoms with Crippen molar-refractivity contribution in [3.05, 3.63) is 35.4 Å². The van der Waals surface area contributed by atoms with Gasteiger partial charge in [0.25, 0.3) is 0 Å². The standard InChI is InChI=1S/C6H3Cl/c7-6-4-2-1-3-5-6/h2,4-5H.